The van der Waals surface area contributed by atoms with Gasteiger partial charge in [0.25, 0.3) is 0 Å². The van der Waals surface area contributed by atoms with E-state index >= 15 is 0 Å². The van der Waals surface area contributed by atoms with E-state index in [4.69, 9.17) is 4.74 Å². The maximum absolute atomic E-state index is 12.7. The number of carbonyl (C=O) groups is 2. The van der Waals surface area contributed by atoms with Gasteiger partial charge in [-0.1, -0.05) is 6.92 Å². The van der Waals surface area contributed by atoms with Crippen LogP contribution in [0.25, 0.3) is 0 Å². The van der Waals surface area contributed by atoms with Crippen molar-refractivity contribution in [3.8, 4) is 0 Å². The van der Waals surface area contributed by atoms with Gasteiger partial charge >= 0.3 is 5.97 Å². The molecule has 1 heterocycles. The molecule has 7 heteroatoms. The largest absolute Gasteiger partial charge is 0.451 e. The third-order valence-corrected chi connectivity index (χ3v) is 6.97. The van der Waals surface area contributed by atoms with Gasteiger partial charge in [0.05, 0.1) is 10.5 Å². The number of piperidine rings is 1. The van der Waals surface area contributed by atoms with Crippen molar-refractivity contribution < 1.29 is 22.7 Å². The molecule has 0 aromatic heterocycles. The first kappa shape index (κ1) is 19.0. The van der Waals surface area contributed by atoms with Crippen LogP contribution in [0.3, 0.4) is 0 Å². The van der Waals surface area contributed by atoms with Crippen LogP contribution in [-0.2, 0) is 19.6 Å². The Morgan fingerprint density at radius 1 is 1.12 bits per heavy atom. The molecule has 2 fully saturated rings. The smallest absolute Gasteiger partial charge is 0.338 e. The third kappa shape index (κ3) is 4.15. The fourth-order valence-electron chi connectivity index (χ4n) is 3.55. The highest BCUT2D eigenvalue weighted by molar-refractivity contribution is 7.89. The molecule has 0 spiro atoms. The van der Waals surface area contributed by atoms with Crippen molar-refractivity contribution in [2.24, 2.45) is 5.92 Å². The summed E-state index contributed by atoms with van der Waals surface area (Å²) in [5.41, 5.74) is 0.259. The Kier molecular flexibility index (Phi) is 5.77. The molecule has 26 heavy (non-hydrogen) atoms. The molecule has 2 atom stereocenters. The second-order valence-corrected chi connectivity index (χ2v) is 9.18. The maximum atomic E-state index is 12.7. The Labute approximate surface area is 154 Å². The van der Waals surface area contributed by atoms with Crippen molar-refractivity contribution in [2.75, 3.05) is 13.1 Å². The molecule has 1 aliphatic carbocycles. The van der Waals surface area contributed by atoms with Gasteiger partial charge in [-0.25, -0.2) is 13.2 Å². The van der Waals surface area contributed by atoms with Crippen LogP contribution in [0.2, 0.25) is 0 Å². The minimum absolute atomic E-state index is 0.0389. The molecule has 0 N–H and O–H groups in total. The summed E-state index contributed by atoms with van der Waals surface area (Å²) in [7, 11) is -3.55. The number of nitrogens with zero attached hydrogens (tertiary/aromatic N) is 1. The van der Waals surface area contributed by atoms with Gasteiger partial charge in [0.2, 0.25) is 10.0 Å². The SMILES string of the molecule is C[C@H]1CCCN(S(=O)(=O)c2ccc(C(=O)O[C@H]3CCCCC3=O)cc2)C1. The van der Waals surface area contributed by atoms with Gasteiger partial charge in [-0.15, -0.1) is 0 Å². The standard InChI is InChI=1S/C19H25NO5S/c1-14-5-4-12-20(13-14)26(23,24)16-10-8-15(9-11-16)19(22)25-18-7-3-2-6-17(18)21/h8-11,14,18H,2-7,12-13H2,1H3/t14-,18-/m0/s1. The van der Waals surface area contributed by atoms with Gasteiger partial charge in [-0.05, 0) is 62.3 Å². The minimum Gasteiger partial charge on any atom is -0.451 e. The molecule has 142 valence electrons. The zero-order valence-corrected chi connectivity index (χ0v) is 15.8. The van der Waals surface area contributed by atoms with Crippen LogP contribution in [0, 0.1) is 5.92 Å². The van der Waals surface area contributed by atoms with Crippen molar-refractivity contribution in [3.63, 3.8) is 0 Å². The number of ketones is 1. The summed E-state index contributed by atoms with van der Waals surface area (Å²) >= 11 is 0. The second-order valence-electron chi connectivity index (χ2n) is 7.24. The molecule has 1 aromatic rings. The van der Waals surface area contributed by atoms with Crippen LogP contribution in [-0.4, -0.2) is 43.7 Å². The highest BCUT2D eigenvalue weighted by Gasteiger charge is 2.29. The van der Waals surface area contributed by atoms with E-state index in [-0.39, 0.29) is 16.2 Å². The molecule has 0 bridgehead atoms. The van der Waals surface area contributed by atoms with Gasteiger partial charge < -0.3 is 4.74 Å². The third-order valence-electron chi connectivity index (χ3n) is 5.10. The number of hydrogen-bond donors (Lipinski definition) is 0. The normalized spacial score (nSPS) is 25.0. The molecule has 0 amide bonds. The predicted molar refractivity (Wildman–Crippen MR) is 96.3 cm³/mol. The molecule has 0 unspecified atom stereocenters. The zero-order valence-electron chi connectivity index (χ0n) is 15.0. The highest BCUT2D eigenvalue weighted by atomic mass is 32.2. The number of ether oxygens (including phenoxy) is 1. The number of carbonyl (C=O) groups excluding carboxylic acids is 2. The van der Waals surface area contributed by atoms with E-state index in [0.717, 1.165) is 25.7 Å². The Bertz CT molecular complexity index is 772. The lowest BCUT2D eigenvalue weighted by molar-refractivity contribution is -0.129. The van der Waals surface area contributed by atoms with Crippen LogP contribution < -0.4 is 0 Å². The monoisotopic (exact) mass is 379 g/mol. The number of sulfonamides is 1. The van der Waals surface area contributed by atoms with Crippen LogP contribution in [0.5, 0.6) is 0 Å². The highest BCUT2D eigenvalue weighted by Crippen LogP contribution is 2.24. The summed E-state index contributed by atoms with van der Waals surface area (Å²) < 4.78 is 32.3. The van der Waals surface area contributed by atoms with E-state index in [1.807, 2.05) is 6.92 Å². The Morgan fingerprint density at radius 2 is 1.85 bits per heavy atom. The molecule has 3 rings (SSSR count). The first-order valence-electron chi connectivity index (χ1n) is 9.22. The summed E-state index contributed by atoms with van der Waals surface area (Å²) in [4.78, 5) is 24.2. The lowest BCUT2D eigenvalue weighted by Gasteiger charge is -2.30. The second kappa shape index (κ2) is 7.88. The molecular formula is C19H25NO5S. The topological polar surface area (TPSA) is 80.8 Å². The number of esters is 1. The van der Waals surface area contributed by atoms with Gasteiger partial charge in [0.15, 0.2) is 11.9 Å². The fraction of sp³-hybridized carbons (Fsp3) is 0.579. The quantitative estimate of drug-likeness (QED) is 0.752. The molecule has 6 nitrogen and oxygen atoms in total. The van der Waals surface area contributed by atoms with Gasteiger partial charge in [-0.3, -0.25) is 4.79 Å². The lowest BCUT2D eigenvalue weighted by Crippen LogP contribution is -2.39. The van der Waals surface area contributed by atoms with Gasteiger partial charge in [-0.2, -0.15) is 4.31 Å². The number of Topliss-reactive ketones (excluding diaryl/α,β-unsaturated/α-hetero) is 1. The van der Waals surface area contributed by atoms with E-state index < -0.39 is 22.1 Å². The molecule has 1 aromatic carbocycles. The van der Waals surface area contributed by atoms with E-state index in [1.54, 1.807) is 0 Å². The first-order valence-corrected chi connectivity index (χ1v) is 10.7. The van der Waals surface area contributed by atoms with Gasteiger partial charge in [0, 0.05) is 19.5 Å². The molecule has 1 saturated carbocycles. The van der Waals surface area contributed by atoms with Crippen LogP contribution in [0.15, 0.2) is 29.2 Å². The average Bonchev–Trinajstić information content (AvgIpc) is 2.63. The number of benzene rings is 1. The van der Waals surface area contributed by atoms with Gasteiger partial charge in [0.1, 0.15) is 0 Å². The Hall–Kier alpha value is -1.73. The number of hydrogen-bond acceptors (Lipinski definition) is 5. The Balaban J connectivity index is 1.69. The van der Waals surface area contributed by atoms with Crippen LogP contribution in [0.1, 0.15) is 55.8 Å². The van der Waals surface area contributed by atoms with Crippen molar-refractivity contribution in [3.05, 3.63) is 29.8 Å². The first-order chi connectivity index (χ1) is 12.4. The van der Waals surface area contributed by atoms with Crippen molar-refractivity contribution in [1.82, 2.24) is 4.31 Å². The van der Waals surface area contributed by atoms with E-state index in [0.29, 0.717) is 31.8 Å². The molecule has 1 aliphatic heterocycles. The maximum Gasteiger partial charge on any atom is 0.338 e. The molecule has 2 aliphatic rings. The van der Waals surface area contributed by atoms with Crippen molar-refractivity contribution in [2.45, 2.75) is 56.4 Å². The molecule has 1 saturated heterocycles. The van der Waals surface area contributed by atoms with Crippen LogP contribution >= 0.6 is 0 Å². The Morgan fingerprint density at radius 3 is 2.50 bits per heavy atom. The summed E-state index contributed by atoms with van der Waals surface area (Å²) in [6, 6.07) is 5.79. The van der Waals surface area contributed by atoms with E-state index in [1.165, 1.54) is 28.6 Å². The van der Waals surface area contributed by atoms with E-state index in [9.17, 15) is 18.0 Å². The molecule has 0 radical (unpaired) electrons. The lowest BCUT2D eigenvalue weighted by atomic mass is 9.96. The summed E-state index contributed by atoms with van der Waals surface area (Å²) in [6.07, 6.45) is 3.95. The zero-order chi connectivity index (χ0) is 18.7. The minimum atomic E-state index is -3.55. The summed E-state index contributed by atoms with van der Waals surface area (Å²) in [6.45, 7) is 3.10. The predicted octanol–water partition coefficient (Wildman–Crippen LogP) is 2.78. The van der Waals surface area contributed by atoms with Crippen LogP contribution in [0.4, 0.5) is 0 Å². The molecular weight excluding hydrogens is 354 g/mol. The summed E-state index contributed by atoms with van der Waals surface area (Å²) in [5, 5.41) is 0. The van der Waals surface area contributed by atoms with E-state index in [2.05, 4.69) is 0 Å². The summed E-state index contributed by atoms with van der Waals surface area (Å²) in [5.74, 6) is -0.274. The van der Waals surface area contributed by atoms with Crippen molar-refractivity contribution >= 4 is 21.8 Å². The average molecular weight is 379 g/mol. The van der Waals surface area contributed by atoms with Crippen molar-refractivity contribution in [1.29, 1.82) is 0 Å². The fourth-order valence-corrected chi connectivity index (χ4v) is 5.15. The number of rotatable bonds is 4.